The van der Waals surface area contributed by atoms with Crippen molar-refractivity contribution in [3.05, 3.63) is 112 Å². The van der Waals surface area contributed by atoms with E-state index < -0.39 is 29.4 Å². The lowest BCUT2D eigenvalue weighted by Gasteiger charge is -2.14. The van der Waals surface area contributed by atoms with Crippen LogP contribution in [-0.2, 0) is 30.2 Å². The highest BCUT2D eigenvalue weighted by Crippen LogP contribution is 2.35. The summed E-state index contributed by atoms with van der Waals surface area (Å²) >= 11 is 6.23. The van der Waals surface area contributed by atoms with Gasteiger partial charge >= 0.3 is 18.3 Å². The van der Waals surface area contributed by atoms with Crippen LogP contribution in [0, 0.1) is 0 Å². The minimum atomic E-state index is -4.50. The second-order valence-corrected chi connectivity index (χ2v) is 9.10. The number of alkyl halides is 6. The molecule has 4 aromatic carbocycles. The van der Waals surface area contributed by atoms with Gasteiger partial charge in [0.05, 0.1) is 22.6 Å². The van der Waals surface area contributed by atoms with Crippen molar-refractivity contribution in [1.29, 1.82) is 0 Å². The zero-order valence-electron chi connectivity index (χ0n) is 19.9. The van der Waals surface area contributed by atoms with Crippen molar-refractivity contribution in [2.24, 2.45) is 0 Å². The number of halogens is 7. The van der Waals surface area contributed by atoms with Gasteiger partial charge in [0.2, 0.25) is 0 Å². The number of hydrogen-bond donors (Lipinski definition) is 1. The minimum Gasteiger partial charge on any atom is -0.487 e. The lowest BCUT2D eigenvalue weighted by atomic mass is 9.95. The maximum absolute atomic E-state index is 13.0. The fourth-order valence-corrected chi connectivity index (χ4v) is 4.18. The first-order valence-corrected chi connectivity index (χ1v) is 11.8. The molecule has 0 saturated heterocycles. The molecule has 202 valence electrons. The first-order chi connectivity index (χ1) is 18.3. The Morgan fingerprint density at radius 1 is 0.667 bits per heavy atom. The molecule has 0 radical (unpaired) electrons. The molecule has 0 atom stereocenters. The predicted molar refractivity (Wildman–Crippen MR) is 134 cm³/mol. The predicted octanol–water partition coefficient (Wildman–Crippen LogP) is 8.92. The maximum Gasteiger partial charge on any atom is 0.416 e. The van der Waals surface area contributed by atoms with Gasteiger partial charge in [0.1, 0.15) is 12.4 Å². The van der Waals surface area contributed by atoms with Crippen LogP contribution in [0.2, 0.25) is 5.02 Å². The van der Waals surface area contributed by atoms with Crippen molar-refractivity contribution >= 4 is 17.6 Å². The highest BCUT2D eigenvalue weighted by molar-refractivity contribution is 6.32. The van der Waals surface area contributed by atoms with Crippen molar-refractivity contribution in [2.45, 2.75) is 25.4 Å². The Kier molecular flexibility index (Phi) is 7.92. The van der Waals surface area contributed by atoms with Crippen molar-refractivity contribution in [3.8, 4) is 28.0 Å². The molecule has 0 saturated carbocycles. The van der Waals surface area contributed by atoms with Crippen LogP contribution < -0.4 is 4.74 Å². The summed E-state index contributed by atoms with van der Waals surface area (Å²) in [5.41, 5.74) is 1.43. The lowest BCUT2D eigenvalue weighted by molar-refractivity contribution is -0.138. The molecule has 0 unspecified atom stereocenters. The molecule has 4 aromatic rings. The van der Waals surface area contributed by atoms with E-state index in [0.717, 1.165) is 24.3 Å². The smallest absolute Gasteiger partial charge is 0.416 e. The van der Waals surface area contributed by atoms with E-state index in [2.05, 4.69) is 0 Å². The van der Waals surface area contributed by atoms with E-state index in [9.17, 15) is 31.1 Å². The number of aliphatic carboxylic acids is 1. The number of carboxylic acid groups (broad SMARTS) is 1. The minimum absolute atomic E-state index is 0.0277. The molecule has 0 aliphatic carbocycles. The van der Waals surface area contributed by atoms with E-state index in [1.807, 2.05) is 0 Å². The first kappa shape index (κ1) is 28.0. The summed E-state index contributed by atoms with van der Waals surface area (Å²) in [5, 5.41) is 9.13. The van der Waals surface area contributed by atoms with Gasteiger partial charge in [0.15, 0.2) is 0 Å². The number of rotatable bonds is 7. The Balaban J connectivity index is 1.68. The SMILES string of the molecule is O=C(O)Cc1ccc(OCc2cc(-c3ccc(C(F)(F)F)cc3)cc(-c3ccc(C(F)(F)F)cc3)c2)c(Cl)c1. The standard InChI is InChI=1S/C29H19ClF6O3/c30-25-13-17(14-27(37)38)1-10-26(25)39-16-18-11-21(19-2-6-23(7-3-19)28(31,32)33)15-22(12-18)20-4-8-24(9-5-20)29(34,35)36/h1-13,15H,14,16H2,(H,37,38). The number of carbonyl (C=O) groups is 1. The third-order valence-corrected chi connectivity index (χ3v) is 6.13. The first-order valence-electron chi connectivity index (χ1n) is 11.4. The fraction of sp³-hybridized carbons (Fsp3) is 0.138. The van der Waals surface area contributed by atoms with Gasteiger partial charge in [-0.05, 0) is 88.0 Å². The molecule has 4 rings (SSSR count). The van der Waals surface area contributed by atoms with Gasteiger partial charge in [-0.2, -0.15) is 26.3 Å². The molecule has 0 spiro atoms. The molecule has 1 N–H and O–H groups in total. The third kappa shape index (κ3) is 7.11. The number of hydrogen-bond acceptors (Lipinski definition) is 2. The third-order valence-electron chi connectivity index (χ3n) is 5.83. The molecule has 10 heteroatoms. The van der Waals surface area contributed by atoms with E-state index >= 15 is 0 Å². The Bertz CT molecular complexity index is 1400. The normalized spacial score (nSPS) is 11.9. The van der Waals surface area contributed by atoms with Gasteiger partial charge in [-0.15, -0.1) is 0 Å². The van der Waals surface area contributed by atoms with E-state index in [0.29, 0.717) is 33.4 Å². The van der Waals surface area contributed by atoms with Gasteiger partial charge < -0.3 is 9.84 Å². The topological polar surface area (TPSA) is 46.5 Å². The number of benzene rings is 4. The van der Waals surface area contributed by atoms with Crippen LogP contribution in [0.1, 0.15) is 22.3 Å². The quantitative estimate of drug-likeness (QED) is 0.228. The molecule has 0 bridgehead atoms. The summed E-state index contributed by atoms with van der Waals surface area (Å²) in [6, 6.07) is 18.7. The molecule has 0 heterocycles. The molecule has 0 aliphatic rings. The zero-order chi connectivity index (χ0) is 28.4. The summed E-state index contributed by atoms with van der Waals surface area (Å²) < 4.78 is 84.0. The van der Waals surface area contributed by atoms with E-state index in [1.54, 1.807) is 24.3 Å². The van der Waals surface area contributed by atoms with Crippen molar-refractivity contribution < 1.29 is 41.0 Å². The largest absolute Gasteiger partial charge is 0.487 e. The van der Waals surface area contributed by atoms with Gasteiger partial charge in [0.25, 0.3) is 0 Å². The molecule has 0 aromatic heterocycles. The second-order valence-electron chi connectivity index (χ2n) is 8.69. The van der Waals surface area contributed by atoms with Crippen LogP contribution in [0.25, 0.3) is 22.3 Å². The van der Waals surface area contributed by atoms with E-state index in [4.69, 9.17) is 21.4 Å². The Labute approximate surface area is 224 Å². The fourth-order valence-electron chi connectivity index (χ4n) is 3.92. The summed E-state index contributed by atoms with van der Waals surface area (Å²) in [6.45, 7) is -0.0277. The molecule has 0 amide bonds. The van der Waals surface area contributed by atoms with E-state index in [-0.39, 0.29) is 23.8 Å². The van der Waals surface area contributed by atoms with Gasteiger partial charge in [-0.25, -0.2) is 0 Å². The Morgan fingerprint density at radius 2 is 1.15 bits per heavy atom. The molecule has 39 heavy (non-hydrogen) atoms. The van der Waals surface area contributed by atoms with E-state index in [1.165, 1.54) is 36.4 Å². The number of carboxylic acids is 1. The van der Waals surface area contributed by atoms with Crippen molar-refractivity contribution in [1.82, 2.24) is 0 Å². The highest BCUT2D eigenvalue weighted by atomic mass is 35.5. The van der Waals surface area contributed by atoms with Crippen LogP contribution in [-0.4, -0.2) is 11.1 Å². The van der Waals surface area contributed by atoms with Crippen LogP contribution >= 0.6 is 11.6 Å². The average Bonchev–Trinajstić information content (AvgIpc) is 2.87. The summed E-state index contributed by atoms with van der Waals surface area (Å²) in [4.78, 5) is 10.9. The van der Waals surface area contributed by atoms with Gasteiger partial charge in [-0.1, -0.05) is 41.9 Å². The number of ether oxygens (including phenoxy) is 1. The zero-order valence-corrected chi connectivity index (χ0v) is 20.7. The Morgan fingerprint density at radius 3 is 1.56 bits per heavy atom. The van der Waals surface area contributed by atoms with Crippen LogP contribution in [0.3, 0.4) is 0 Å². The molecule has 0 fully saturated rings. The lowest BCUT2D eigenvalue weighted by Crippen LogP contribution is -2.04. The Hall–Kier alpha value is -3.98. The molecular weight excluding hydrogens is 546 g/mol. The molecule has 3 nitrogen and oxygen atoms in total. The van der Waals surface area contributed by atoms with Crippen molar-refractivity contribution in [2.75, 3.05) is 0 Å². The molecular formula is C29H19ClF6O3. The van der Waals surface area contributed by atoms with Crippen molar-refractivity contribution in [3.63, 3.8) is 0 Å². The van der Waals surface area contributed by atoms with Crippen LogP contribution in [0.4, 0.5) is 26.3 Å². The summed E-state index contributed by atoms with van der Waals surface area (Å²) in [5.74, 6) is -0.738. The molecule has 0 aliphatic heterocycles. The average molecular weight is 565 g/mol. The van der Waals surface area contributed by atoms with Gasteiger partial charge in [0, 0.05) is 0 Å². The summed E-state index contributed by atoms with van der Waals surface area (Å²) in [7, 11) is 0. The van der Waals surface area contributed by atoms with Crippen LogP contribution in [0.5, 0.6) is 5.75 Å². The summed E-state index contributed by atoms with van der Waals surface area (Å²) in [6.07, 6.45) is -9.22. The van der Waals surface area contributed by atoms with Crippen LogP contribution in [0.15, 0.2) is 84.9 Å². The second kappa shape index (κ2) is 11.0. The monoisotopic (exact) mass is 564 g/mol. The highest BCUT2D eigenvalue weighted by Gasteiger charge is 2.31. The maximum atomic E-state index is 13.0. The van der Waals surface area contributed by atoms with Gasteiger partial charge in [-0.3, -0.25) is 4.79 Å².